The number of hydrogen-bond acceptors (Lipinski definition) is 4. The molecule has 4 nitrogen and oxygen atoms in total. The van der Waals surface area contributed by atoms with Crippen molar-refractivity contribution < 1.29 is 9.53 Å². The second-order valence-corrected chi connectivity index (χ2v) is 6.17. The van der Waals surface area contributed by atoms with Gasteiger partial charge in [0.05, 0.1) is 6.04 Å². The zero-order valence-electron chi connectivity index (χ0n) is 11.8. The zero-order valence-corrected chi connectivity index (χ0v) is 11.8. The minimum atomic E-state index is 0.214. The van der Waals surface area contributed by atoms with E-state index in [-0.39, 0.29) is 12.0 Å². The summed E-state index contributed by atoms with van der Waals surface area (Å²) in [6, 6.07) is 0.851. The number of nitrogens with one attached hydrogen (secondary N) is 1. The standard InChI is InChI=1S/C15H26N2O2/c18-15(12-5-10-19-11-6-12)14-2-1-9-17(14)13-3-7-16-8-4-13/h12-14,16H,1-11H2. The summed E-state index contributed by atoms with van der Waals surface area (Å²) in [6.07, 6.45) is 6.57. The number of Topliss-reactive ketones (excluding diaryl/α,β-unsaturated/α-hetero) is 1. The van der Waals surface area contributed by atoms with Crippen LogP contribution in [-0.2, 0) is 9.53 Å². The van der Waals surface area contributed by atoms with Crippen LogP contribution in [0.1, 0.15) is 38.5 Å². The van der Waals surface area contributed by atoms with Gasteiger partial charge in [-0.25, -0.2) is 0 Å². The first kappa shape index (κ1) is 13.5. The molecule has 3 rings (SSSR count). The van der Waals surface area contributed by atoms with Gasteiger partial charge >= 0.3 is 0 Å². The largest absolute Gasteiger partial charge is 0.381 e. The highest BCUT2D eigenvalue weighted by molar-refractivity contribution is 5.86. The van der Waals surface area contributed by atoms with E-state index in [1.54, 1.807) is 0 Å². The lowest BCUT2D eigenvalue weighted by atomic mass is 9.89. The summed E-state index contributed by atoms with van der Waals surface area (Å²) in [4.78, 5) is 15.3. The number of likely N-dealkylation sites (tertiary alicyclic amines) is 1. The fraction of sp³-hybridized carbons (Fsp3) is 0.933. The minimum absolute atomic E-state index is 0.214. The van der Waals surface area contributed by atoms with E-state index in [1.807, 2.05) is 0 Å². The lowest BCUT2D eigenvalue weighted by Gasteiger charge is -2.36. The Kier molecular flexibility index (Phi) is 4.51. The number of carbonyl (C=O) groups excluding carboxylic acids is 1. The molecular weight excluding hydrogens is 240 g/mol. The maximum atomic E-state index is 12.7. The Labute approximate surface area is 115 Å². The van der Waals surface area contributed by atoms with Gasteiger partial charge in [0.2, 0.25) is 0 Å². The highest BCUT2D eigenvalue weighted by Gasteiger charge is 2.38. The number of nitrogens with zero attached hydrogens (tertiary/aromatic N) is 1. The Morgan fingerprint density at radius 3 is 2.53 bits per heavy atom. The molecule has 0 aromatic heterocycles. The molecule has 3 saturated heterocycles. The van der Waals surface area contributed by atoms with Crippen LogP contribution in [0.3, 0.4) is 0 Å². The van der Waals surface area contributed by atoms with Crippen molar-refractivity contribution in [3.63, 3.8) is 0 Å². The molecule has 0 aliphatic carbocycles. The molecule has 1 unspecified atom stereocenters. The Hall–Kier alpha value is -0.450. The van der Waals surface area contributed by atoms with E-state index in [4.69, 9.17) is 4.74 Å². The van der Waals surface area contributed by atoms with Crippen LogP contribution in [0.5, 0.6) is 0 Å². The van der Waals surface area contributed by atoms with Gasteiger partial charge in [-0.1, -0.05) is 0 Å². The van der Waals surface area contributed by atoms with Crippen LogP contribution in [0.4, 0.5) is 0 Å². The Balaban J connectivity index is 1.62. The Bertz CT molecular complexity index is 309. The van der Waals surface area contributed by atoms with Gasteiger partial charge < -0.3 is 10.1 Å². The van der Waals surface area contributed by atoms with Gasteiger partial charge in [0, 0.05) is 25.2 Å². The van der Waals surface area contributed by atoms with Crippen molar-refractivity contribution in [3.8, 4) is 0 Å². The van der Waals surface area contributed by atoms with E-state index in [0.29, 0.717) is 11.8 Å². The molecular formula is C15H26N2O2. The van der Waals surface area contributed by atoms with Gasteiger partial charge in [0.25, 0.3) is 0 Å². The molecule has 0 radical (unpaired) electrons. The van der Waals surface area contributed by atoms with Crippen LogP contribution in [-0.4, -0.2) is 55.6 Å². The number of piperidine rings is 1. The van der Waals surface area contributed by atoms with Gasteiger partial charge in [-0.2, -0.15) is 0 Å². The van der Waals surface area contributed by atoms with Crippen molar-refractivity contribution in [2.45, 2.75) is 50.6 Å². The molecule has 0 aromatic carbocycles. The summed E-state index contributed by atoms with van der Waals surface area (Å²) in [7, 11) is 0. The summed E-state index contributed by atoms with van der Waals surface area (Å²) in [6.45, 7) is 4.90. The van der Waals surface area contributed by atoms with Gasteiger partial charge in [0.1, 0.15) is 0 Å². The summed E-state index contributed by atoms with van der Waals surface area (Å²) in [5.41, 5.74) is 0. The molecule has 3 heterocycles. The van der Waals surface area contributed by atoms with E-state index in [1.165, 1.54) is 19.3 Å². The predicted octanol–water partition coefficient (Wildman–Crippen LogP) is 1.20. The summed E-state index contributed by atoms with van der Waals surface area (Å²) < 4.78 is 5.38. The summed E-state index contributed by atoms with van der Waals surface area (Å²) in [5.74, 6) is 0.778. The van der Waals surface area contributed by atoms with E-state index in [0.717, 1.165) is 52.1 Å². The number of ketones is 1. The van der Waals surface area contributed by atoms with Crippen molar-refractivity contribution in [2.75, 3.05) is 32.8 Å². The summed E-state index contributed by atoms with van der Waals surface area (Å²) in [5, 5.41) is 3.42. The SMILES string of the molecule is O=C(C1CCOCC1)C1CCCN1C1CCNCC1. The first-order chi connectivity index (χ1) is 9.36. The monoisotopic (exact) mass is 266 g/mol. The van der Waals surface area contributed by atoms with Crippen LogP contribution in [0.25, 0.3) is 0 Å². The van der Waals surface area contributed by atoms with Crippen molar-refractivity contribution in [2.24, 2.45) is 5.92 Å². The van der Waals surface area contributed by atoms with Gasteiger partial charge in [-0.3, -0.25) is 9.69 Å². The molecule has 3 aliphatic rings. The Morgan fingerprint density at radius 2 is 1.79 bits per heavy atom. The molecule has 0 saturated carbocycles. The maximum absolute atomic E-state index is 12.7. The van der Waals surface area contributed by atoms with Gasteiger partial charge in [0.15, 0.2) is 5.78 Å². The lowest BCUT2D eigenvalue weighted by molar-refractivity contribution is -0.131. The number of hydrogen-bond donors (Lipinski definition) is 1. The van der Waals surface area contributed by atoms with Crippen LogP contribution < -0.4 is 5.32 Å². The smallest absolute Gasteiger partial charge is 0.153 e. The molecule has 3 fully saturated rings. The third kappa shape index (κ3) is 3.01. The van der Waals surface area contributed by atoms with Crippen molar-refractivity contribution >= 4 is 5.78 Å². The molecule has 0 aromatic rings. The van der Waals surface area contributed by atoms with E-state index in [9.17, 15) is 4.79 Å². The maximum Gasteiger partial charge on any atom is 0.153 e. The second kappa shape index (κ2) is 6.33. The number of carbonyl (C=O) groups is 1. The van der Waals surface area contributed by atoms with E-state index >= 15 is 0 Å². The average Bonchev–Trinajstić information content (AvgIpc) is 2.98. The fourth-order valence-corrected chi connectivity index (χ4v) is 3.92. The molecule has 1 atom stereocenters. The first-order valence-corrected chi connectivity index (χ1v) is 7.94. The van der Waals surface area contributed by atoms with Crippen LogP contribution in [0, 0.1) is 5.92 Å². The van der Waals surface area contributed by atoms with Gasteiger partial charge in [-0.05, 0) is 58.2 Å². The third-order valence-electron chi connectivity index (χ3n) is 5.02. The van der Waals surface area contributed by atoms with E-state index < -0.39 is 0 Å². The zero-order chi connectivity index (χ0) is 13.1. The van der Waals surface area contributed by atoms with Crippen LogP contribution in [0.2, 0.25) is 0 Å². The van der Waals surface area contributed by atoms with E-state index in [2.05, 4.69) is 10.2 Å². The summed E-state index contributed by atoms with van der Waals surface area (Å²) >= 11 is 0. The molecule has 0 spiro atoms. The molecule has 19 heavy (non-hydrogen) atoms. The minimum Gasteiger partial charge on any atom is -0.381 e. The third-order valence-corrected chi connectivity index (χ3v) is 5.02. The molecule has 1 N–H and O–H groups in total. The fourth-order valence-electron chi connectivity index (χ4n) is 3.92. The number of ether oxygens (including phenoxy) is 1. The normalized spacial score (nSPS) is 31.7. The second-order valence-electron chi connectivity index (χ2n) is 6.17. The highest BCUT2D eigenvalue weighted by Crippen LogP contribution is 2.29. The molecule has 0 bridgehead atoms. The van der Waals surface area contributed by atoms with Crippen molar-refractivity contribution in [3.05, 3.63) is 0 Å². The van der Waals surface area contributed by atoms with Crippen molar-refractivity contribution in [1.29, 1.82) is 0 Å². The first-order valence-electron chi connectivity index (χ1n) is 7.94. The number of rotatable bonds is 3. The Morgan fingerprint density at radius 1 is 1.05 bits per heavy atom. The topological polar surface area (TPSA) is 41.6 Å². The van der Waals surface area contributed by atoms with Crippen LogP contribution in [0.15, 0.2) is 0 Å². The average molecular weight is 266 g/mol. The molecule has 108 valence electrons. The van der Waals surface area contributed by atoms with Gasteiger partial charge in [-0.15, -0.1) is 0 Å². The van der Waals surface area contributed by atoms with Crippen molar-refractivity contribution in [1.82, 2.24) is 10.2 Å². The predicted molar refractivity (Wildman–Crippen MR) is 74.2 cm³/mol. The highest BCUT2D eigenvalue weighted by atomic mass is 16.5. The molecule has 0 amide bonds. The molecule has 4 heteroatoms. The molecule has 3 aliphatic heterocycles. The van der Waals surface area contributed by atoms with Crippen LogP contribution >= 0.6 is 0 Å². The lowest BCUT2D eigenvalue weighted by Crippen LogP contribution is -2.49. The quantitative estimate of drug-likeness (QED) is 0.833.